The van der Waals surface area contributed by atoms with Crippen molar-refractivity contribution < 1.29 is 9.59 Å². The third-order valence-electron chi connectivity index (χ3n) is 6.06. The van der Waals surface area contributed by atoms with Gasteiger partial charge < -0.3 is 10.2 Å². The van der Waals surface area contributed by atoms with E-state index in [2.05, 4.69) is 17.4 Å². The van der Waals surface area contributed by atoms with Crippen LogP contribution in [-0.2, 0) is 17.8 Å². The lowest BCUT2D eigenvalue weighted by atomic mass is 9.83. The van der Waals surface area contributed by atoms with Crippen LogP contribution in [0, 0.1) is 19.8 Å². The minimum absolute atomic E-state index is 0.0444. The number of fused-ring (bicyclic) bond motifs is 1. The van der Waals surface area contributed by atoms with Gasteiger partial charge in [0.2, 0.25) is 5.91 Å². The van der Waals surface area contributed by atoms with Gasteiger partial charge >= 0.3 is 0 Å². The highest BCUT2D eigenvalue weighted by Crippen LogP contribution is 2.34. The second-order valence-electron chi connectivity index (χ2n) is 8.19. The van der Waals surface area contributed by atoms with E-state index in [0.717, 1.165) is 60.2 Å². The van der Waals surface area contributed by atoms with E-state index in [1.54, 1.807) is 0 Å². The largest absolute Gasteiger partial charge is 0.348 e. The summed E-state index contributed by atoms with van der Waals surface area (Å²) in [6.45, 7) is 5.32. The molecule has 2 amide bonds. The quantitative estimate of drug-likeness (QED) is 0.864. The van der Waals surface area contributed by atoms with Crippen LogP contribution in [0.4, 0.5) is 5.69 Å². The third-order valence-corrected chi connectivity index (χ3v) is 6.06. The molecular formula is C24H28N2O2. The summed E-state index contributed by atoms with van der Waals surface area (Å²) in [5, 5.41) is 3.03. The highest BCUT2D eigenvalue weighted by molar-refractivity contribution is 5.97. The monoisotopic (exact) mass is 376 g/mol. The van der Waals surface area contributed by atoms with Crippen LogP contribution < -0.4 is 10.2 Å². The van der Waals surface area contributed by atoms with Crippen LogP contribution in [0.15, 0.2) is 36.4 Å². The molecule has 2 aromatic rings. The average molecular weight is 377 g/mol. The van der Waals surface area contributed by atoms with E-state index in [1.807, 2.05) is 43.0 Å². The summed E-state index contributed by atoms with van der Waals surface area (Å²) in [4.78, 5) is 27.2. The lowest BCUT2D eigenvalue weighted by Gasteiger charge is -2.35. The predicted molar refractivity (Wildman–Crippen MR) is 112 cm³/mol. The van der Waals surface area contributed by atoms with Gasteiger partial charge in [0.25, 0.3) is 5.91 Å². The molecule has 2 aliphatic rings. The second-order valence-corrected chi connectivity index (χ2v) is 8.19. The molecule has 0 atom stereocenters. The zero-order chi connectivity index (χ0) is 19.7. The number of carbonyl (C=O) groups excluding carboxylic acids is 2. The number of hydrogen-bond acceptors (Lipinski definition) is 2. The zero-order valence-electron chi connectivity index (χ0n) is 16.8. The lowest BCUT2D eigenvalue weighted by Crippen LogP contribution is -2.41. The van der Waals surface area contributed by atoms with Crippen LogP contribution >= 0.6 is 0 Å². The van der Waals surface area contributed by atoms with Gasteiger partial charge in [-0.1, -0.05) is 36.2 Å². The van der Waals surface area contributed by atoms with Crippen LogP contribution in [0.2, 0.25) is 0 Å². The second kappa shape index (κ2) is 7.78. The molecule has 4 nitrogen and oxygen atoms in total. The highest BCUT2D eigenvalue weighted by Gasteiger charge is 2.32. The molecule has 28 heavy (non-hydrogen) atoms. The molecule has 4 rings (SSSR count). The molecule has 1 fully saturated rings. The Bertz CT molecular complexity index is 915. The summed E-state index contributed by atoms with van der Waals surface area (Å²) in [5.74, 6) is 0.475. The number of carbonyl (C=O) groups is 2. The Balaban J connectivity index is 1.45. The fraction of sp³-hybridized carbons (Fsp3) is 0.417. The molecular weight excluding hydrogens is 348 g/mol. The standard InChI is InChI=1S/C24H28N2O2/c1-16-8-10-21(17(2)13-16)23(27)25-15-18-9-11-22-20(14-18)7-4-12-26(22)24(28)19-5-3-6-19/h8-11,13-14,19H,3-7,12,15H2,1-2H3,(H,25,27). The van der Waals surface area contributed by atoms with Gasteiger partial charge in [-0.25, -0.2) is 0 Å². The van der Waals surface area contributed by atoms with Crippen molar-refractivity contribution in [3.63, 3.8) is 0 Å². The number of benzene rings is 2. The van der Waals surface area contributed by atoms with Gasteiger partial charge in [0.15, 0.2) is 0 Å². The van der Waals surface area contributed by atoms with Crippen molar-refractivity contribution in [2.24, 2.45) is 5.92 Å². The van der Waals surface area contributed by atoms with E-state index >= 15 is 0 Å². The number of amides is 2. The molecule has 1 heterocycles. The molecule has 0 aromatic heterocycles. The lowest BCUT2D eigenvalue weighted by molar-refractivity contribution is -0.124. The van der Waals surface area contributed by atoms with E-state index in [-0.39, 0.29) is 11.8 Å². The Morgan fingerprint density at radius 1 is 1.07 bits per heavy atom. The van der Waals surface area contributed by atoms with Gasteiger partial charge in [-0.2, -0.15) is 0 Å². The molecule has 0 saturated heterocycles. The maximum Gasteiger partial charge on any atom is 0.251 e. The first-order valence-corrected chi connectivity index (χ1v) is 10.3. The summed E-state index contributed by atoms with van der Waals surface area (Å²) in [7, 11) is 0. The highest BCUT2D eigenvalue weighted by atomic mass is 16.2. The Morgan fingerprint density at radius 3 is 2.61 bits per heavy atom. The zero-order valence-corrected chi connectivity index (χ0v) is 16.8. The fourth-order valence-corrected chi connectivity index (χ4v) is 4.21. The topological polar surface area (TPSA) is 49.4 Å². The third kappa shape index (κ3) is 3.68. The summed E-state index contributed by atoms with van der Waals surface area (Å²) in [6, 6.07) is 12.1. The molecule has 0 bridgehead atoms. The van der Waals surface area contributed by atoms with Gasteiger partial charge in [0.1, 0.15) is 0 Å². The number of aryl methyl sites for hydroxylation is 3. The fourth-order valence-electron chi connectivity index (χ4n) is 4.21. The van der Waals surface area contributed by atoms with Crippen LogP contribution in [0.25, 0.3) is 0 Å². The average Bonchev–Trinajstić information content (AvgIpc) is 2.64. The molecule has 0 spiro atoms. The van der Waals surface area contributed by atoms with E-state index in [9.17, 15) is 9.59 Å². The Labute approximate surface area is 166 Å². The van der Waals surface area contributed by atoms with Crippen LogP contribution in [-0.4, -0.2) is 18.4 Å². The first-order valence-electron chi connectivity index (χ1n) is 10.3. The van der Waals surface area contributed by atoms with E-state index in [0.29, 0.717) is 12.5 Å². The van der Waals surface area contributed by atoms with Gasteiger partial charge in [0, 0.05) is 30.3 Å². The maximum atomic E-state index is 12.7. The normalized spacial score (nSPS) is 16.3. The van der Waals surface area contributed by atoms with Crippen molar-refractivity contribution in [1.29, 1.82) is 0 Å². The van der Waals surface area contributed by atoms with Crippen molar-refractivity contribution in [2.45, 2.75) is 52.5 Å². The van der Waals surface area contributed by atoms with E-state index in [4.69, 9.17) is 0 Å². The van der Waals surface area contributed by atoms with Crippen LogP contribution in [0.5, 0.6) is 0 Å². The molecule has 1 aliphatic heterocycles. The van der Waals surface area contributed by atoms with Gasteiger partial charge in [0.05, 0.1) is 0 Å². The molecule has 1 saturated carbocycles. The Hall–Kier alpha value is -2.62. The number of nitrogens with one attached hydrogen (secondary N) is 1. The van der Waals surface area contributed by atoms with Gasteiger partial charge in [-0.3, -0.25) is 9.59 Å². The minimum Gasteiger partial charge on any atom is -0.348 e. The van der Waals surface area contributed by atoms with E-state index in [1.165, 1.54) is 12.0 Å². The molecule has 0 unspecified atom stereocenters. The van der Waals surface area contributed by atoms with Gasteiger partial charge in [-0.15, -0.1) is 0 Å². The number of hydrogen-bond donors (Lipinski definition) is 1. The van der Waals surface area contributed by atoms with E-state index < -0.39 is 0 Å². The van der Waals surface area contributed by atoms with Gasteiger partial charge in [-0.05, 0) is 68.4 Å². The van der Waals surface area contributed by atoms with Crippen molar-refractivity contribution in [1.82, 2.24) is 5.32 Å². The molecule has 4 heteroatoms. The van der Waals surface area contributed by atoms with Crippen LogP contribution in [0.3, 0.4) is 0 Å². The SMILES string of the molecule is Cc1ccc(C(=O)NCc2ccc3c(c2)CCCN3C(=O)C2CCC2)c(C)c1. The number of nitrogens with zero attached hydrogens (tertiary/aromatic N) is 1. The predicted octanol–water partition coefficient (Wildman–Crippen LogP) is 4.31. The molecule has 2 aromatic carbocycles. The summed E-state index contributed by atoms with van der Waals surface area (Å²) in [5.41, 5.74) is 6.23. The number of anilines is 1. The molecule has 146 valence electrons. The Kier molecular flexibility index (Phi) is 5.21. The molecule has 0 radical (unpaired) electrons. The minimum atomic E-state index is -0.0444. The van der Waals surface area contributed by atoms with Crippen molar-refractivity contribution in [3.05, 3.63) is 64.2 Å². The summed E-state index contributed by atoms with van der Waals surface area (Å²) < 4.78 is 0. The van der Waals surface area contributed by atoms with Crippen molar-refractivity contribution >= 4 is 17.5 Å². The number of rotatable bonds is 4. The van der Waals surface area contributed by atoms with Crippen molar-refractivity contribution in [3.8, 4) is 0 Å². The van der Waals surface area contributed by atoms with Crippen LogP contribution in [0.1, 0.15) is 58.3 Å². The maximum absolute atomic E-state index is 12.7. The molecule has 1 aliphatic carbocycles. The summed E-state index contributed by atoms with van der Waals surface area (Å²) >= 11 is 0. The summed E-state index contributed by atoms with van der Waals surface area (Å²) in [6.07, 6.45) is 5.24. The Morgan fingerprint density at radius 2 is 1.89 bits per heavy atom. The van der Waals surface area contributed by atoms with Crippen molar-refractivity contribution in [2.75, 3.05) is 11.4 Å². The molecule has 1 N–H and O–H groups in total. The first kappa shape index (κ1) is 18.7. The first-order chi connectivity index (χ1) is 13.5. The smallest absolute Gasteiger partial charge is 0.251 e.